The highest BCUT2D eigenvalue weighted by molar-refractivity contribution is 5.15. The van der Waals surface area contributed by atoms with E-state index in [2.05, 4.69) is 30.9 Å². The van der Waals surface area contributed by atoms with Crippen LogP contribution in [0.15, 0.2) is 30.3 Å². The van der Waals surface area contributed by atoms with Gasteiger partial charge < -0.3 is 19.7 Å². The first-order valence-corrected chi connectivity index (χ1v) is 10.0. The Hall–Kier alpha value is -0.980. The molecule has 0 saturated carbocycles. The first kappa shape index (κ1) is 21.3. The van der Waals surface area contributed by atoms with Gasteiger partial charge in [-0.25, -0.2) is 0 Å². The quantitative estimate of drug-likeness (QED) is 0.590. The number of rotatable bonds is 11. The fourth-order valence-electron chi connectivity index (χ4n) is 3.36. The van der Waals surface area contributed by atoms with Crippen LogP contribution in [0.3, 0.4) is 0 Å². The Labute approximate surface area is 157 Å². The Morgan fingerprint density at radius 1 is 1.04 bits per heavy atom. The second kappa shape index (κ2) is 11.7. The molecule has 1 fully saturated rings. The highest BCUT2D eigenvalue weighted by Gasteiger charge is 2.43. The lowest BCUT2D eigenvalue weighted by atomic mass is 9.93. The molecule has 5 heteroatoms. The van der Waals surface area contributed by atoms with Crippen LogP contribution in [0.25, 0.3) is 0 Å². The van der Waals surface area contributed by atoms with Crippen LogP contribution in [0.5, 0.6) is 0 Å². The normalized spacial score (nSPS) is 26.9. The van der Waals surface area contributed by atoms with Crippen molar-refractivity contribution >= 4 is 0 Å². The number of aliphatic hydroxyl groups is 2. The first-order chi connectivity index (χ1) is 12.7. The fourth-order valence-corrected chi connectivity index (χ4v) is 3.36. The Balaban J connectivity index is 2.09. The van der Waals surface area contributed by atoms with Crippen LogP contribution >= 0.6 is 0 Å². The summed E-state index contributed by atoms with van der Waals surface area (Å²) in [5.41, 5.74) is 1.18. The van der Waals surface area contributed by atoms with Crippen molar-refractivity contribution in [2.75, 3.05) is 26.4 Å². The minimum atomic E-state index is -0.876. The lowest BCUT2D eigenvalue weighted by Gasteiger charge is -2.45. The van der Waals surface area contributed by atoms with Crippen molar-refractivity contribution < 1.29 is 19.7 Å². The molecule has 5 nitrogen and oxygen atoms in total. The Morgan fingerprint density at radius 3 is 2.42 bits per heavy atom. The maximum Gasteiger partial charge on any atom is 0.109 e. The zero-order chi connectivity index (χ0) is 18.8. The summed E-state index contributed by atoms with van der Waals surface area (Å²) in [6.07, 6.45) is 1.98. The summed E-state index contributed by atoms with van der Waals surface area (Å²) in [5, 5.41) is 20.9. The summed E-state index contributed by atoms with van der Waals surface area (Å²) in [4.78, 5) is 2.19. The van der Waals surface area contributed by atoms with E-state index in [1.54, 1.807) is 0 Å². The topological polar surface area (TPSA) is 62.2 Å². The third kappa shape index (κ3) is 6.32. The van der Waals surface area contributed by atoms with Gasteiger partial charge in [0.05, 0.1) is 18.8 Å². The van der Waals surface area contributed by atoms with Gasteiger partial charge in [0.2, 0.25) is 0 Å². The van der Waals surface area contributed by atoms with Gasteiger partial charge in [-0.2, -0.15) is 0 Å². The molecule has 1 aliphatic rings. The van der Waals surface area contributed by atoms with Gasteiger partial charge in [0, 0.05) is 26.3 Å². The highest BCUT2D eigenvalue weighted by atomic mass is 16.5. The molecule has 0 radical (unpaired) electrons. The third-order valence-electron chi connectivity index (χ3n) is 4.97. The molecule has 0 spiro atoms. The van der Waals surface area contributed by atoms with Crippen LogP contribution in [0.4, 0.5) is 0 Å². The summed E-state index contributed by atoms with van der Waals surface area (Å²) >= 11 is 0. The minimum absolute atomic E-state index is 0.0673. The van der Waals surface area contributed by atoms with E-state index in [-0.39, 0.29) is 6.04 Å². The van der Waals surface area contributed by atoms with E-state index in [1.807, 2.05) is 18.2 Å². The maximum atomic E-state index is 10.5. The molecule has 4 atom stereocenters. The Morgan fingerprint density at radius 2 is 1.73 bits per heavy atom. The van der Waals surface area contributed by atoms with Gasteiger partial charge in [0.15, 0.2) is 0 Å². The van der Waals surface area contributed by atoms with E-state index in [0.29, 0.717) is 32.9 Å². The van der Waals surface area contributed by atoms with Gasteiger partial charge in [0.1, 0.15) is 12.2 Å². The lowest BCUT2D eigenvalue weighted by molar-refractivity contribution is -0.172. The van der Waals surface area contributed by atoms with E-state index < -0.39 is 18.3 Å². The summed E-state index contributed by atoms with van der Waals surface area (Å²) in [6, 6.07) is 10.1. The van der Waals surface area contributed by atoms with Gasteiger partial charge in [-0.15, -0.1) is 0 Å². The number of benzene rings is 1. The van der Waals surface area contributed by atoms with Crippen molar-refractivity contribution in [3.8, 4) is 0 Å². The average molecular weight is 366 g/mol. The average Bonchev–Trinajstić information content (AvgIpc) is 2.65. The molecule has 2 N–H and O–H groups in total. The van der Waals surface area contributed by atoms with Gasteiger partial charge in [-0.1, -0.05) is 57.0 Å². The van der Waals surface area contributed by atoms with Crippen LogP contribution in [0.2, 0.25) is 0 Å². The van der Waals surface area contributed by atoms with Gasteiger partial charge in [-0.3, -0.25) is 4.90 Å². The van der Waals surface area contributed by atoms with E-state index in [4.69, 9.17) is 9.47 Å². The number of β-amino-alcohol motifs (C(OH)–C–C–N with tert-alkyl or cyclic N) is 1. The number of hydrogen-bond donors (Lipinski definition) is 2. The lowest BCUT2D eigenvalue weighted by Crippen LogP contribution is -2.63. The number of aliphatic hydroxyl groups excluding tert-OH is 2. The number of hydrogen-bond acceptors (Lipinski definition) is 5. The van der Waals surface area contributed by atoms with Crippen molar-refractivity contribution in [2.24, 2.45) is 0 Å². The molecule has 0 aliphatic carbocycles. The summed E-state index contributed by atoms with van der Waals surface area (Å²) in [5.74, 6) is 0. The van der Waals surface area contributed by atoms with E-state index in [0.717, 1.165) is 25.7 Å². The van der Waals surface area contributed by atoms with E-state index in [9.17, 15) is 10.2 Å². The first-order valence-electron chi connectivity index (χ1n) is 10.0. The molecule has 0 aromatic heterocycles. The van der Waals surface area contributed by atoms with Crippen LogP contribution in [-0.2, 0) is 16.0 Å². The van der Waals surface area contributed by atoms with Crippen molar-refractivity contribution in [1.82, 2.24) is 4.90 Å². The molecule has 1 saturated heterocycles. The van der Waals surface area contributed by atoms with Gasteiger partial charge in [-0.05, 0) is 18.4 Å². The fraction of sp³-hybridized carbons (Fsp3) is 0.714. The summed E-state index contributed by atoms with van der Waals surface area (Å²) in [7, 11) is 0. The minimum Gasteiger partial charge on any atom is -0.389 e. The molecule has 1 aliphatic heterocycles. The Kier molecular flexibility index (Phi) is 9.57. The Bertz CT molecular complexity index is 484. The molecule has 1 aromatic rings. The number of unbranched alkanes of at least 4 members (excludes halogenated alkanes) is 2. The number of ether oxygens (including phenoxy) is 2. The van der Waals surface area contributed by atoms with Crippen LogP contribution in [0.1, 0.15) is 45.1 Å². The molecule has 148 valence electrons. The second-order valence-electron chi connectivity index (χ2n) is 7.16. The third-order valence-corrected chi connectivity index (χ3v) is 4.97. The molecule has 1 heterocycles. The van der Waals surface area contributed by atoms with E-state index >= 15 is 0 Å². The maximum absolute atomic E-state index is 10.5. The van der Waals surface area contributed by atoms with Gasteiger partial charge >= 0.3 is 0 Å². The van der Waals surface area contributed by atoms with Crippen molar-refractivity contribution in [3.63, 3.8) is 0 Å². The summed E-state index contributed by atoms with van der Waals surface area (Å²) < 4.78 is 11.9. The molecule has 0 bridgehead atoms. The molecule has 26 heavy (non-hydrogen) atoms. The predicted molar refractivity (Wildman–Crippen MR) is 103 cm³/mol. The van der Waals surface area contributed by atoms with Crippen molar-refractivity contribution in [2.45, 2.75) is 70.4 Å². The second-order valence-corrected chi connectivity index (χ2v) is 7.16. The van der Waals surface area contributed by atoms with Gasteiger partial charge in [0.25, 0.3) is 0 Å². The van der Waals surface area contributed by atoms with E-state index in [1.165, 1.54) is 5.56 Å². The molecular weight excluding hydrogens is 330 g/mol. The van der Waals surface area contributed by atoms with Crippen molar-refractivity contribution in [1.29, 1.82) is 0 Å². The molecular formula is C21H35NO4. The van der Waals surface area contributed by atoms with Crippen LogP contribution in [0, 0.1) is 0 Å². The number of nitrogens with zero attached hydrogens (tertiary/aromatic N) is 1. The van der Waals surface area contributed by atoms with Crippen molar-refractivity contribution in [3.05, 3.63) is 35.9 Å². The largest absolute Gasteiger partial charge is 0.389 e. The highest BCUT2D eigenvalue weighted by Crippen LogP contribution is 2.24. The smallest absolute Gasteiger partial charge is 0.109 e. The molecule has 2 rings (SSSR count). The van der Waals surface area contributed by atoms with Crippen LogP contribution in [-0.4, -0.2) is 65.8 Å². The zero-order valence-corrected chi connectivity index (χ0v) is 16.2. The predicted octanol–water partition coefficient (Wildman–Crippen LogP) is 2.59. The monoisotopic (exact) mass is 365 g/mol. The molecule has 1 aromatic carbocycles. The standard InChI is InChI=1S/C21H35NO4/c1-3-5-12-25-16-18-21(26-13-6-4-2)20(24)19(23)15-22(18)14-17-10-8-7-9-11-17/h7-11,18-21,23-24H,3-6,12-16H2,1-2H3/t18?,19-,20-,21?/m1/s1. The molecule has 2 unspecified atom stereocenters. The van der Waals surface area contributed by atoms with Crippen LogP contribution < -0.4 is 0 Å². The number of likely N-dealkylation sites (tertiary alicyclic amines) is 1. The SMILES string of the molecule is CCCCOCC1C(OCCCC)[C@H](O)[C@H](O)CN1Cc1ccccc1. The molecule has 0 amide bonds. The number of piperidine rings is 1. The summed E-state index contributed by atoms with van der Waals surface area (Å²) in [6.45, 7) is 7.20. The zero-order valence-electron chi connectivity index (χ0n) is 16.2.